The van der Waals surface area contributed by atoms with Crippen LogP contribution >= 0.6 is 0 Å². The molecule has 4 nitrogen and oxygen atoms in total. The molecule has 1 aromatic heterocycles. The molecular formula is C5H9N2O2+. The lowest BCUT2D eigenvalue weighted by atomic mass is 10.5. The molecule has 1 rings (SSSR count). The van der Waals surface area contributed by atoms with Crippen LogP contribution in [-0.2, 0) is 6.54 Å². The molecule has 0 saturated heterocycles. The van der Waals surface area contributed by atoms with Crippen LogP contribution < -0.4 is 10.3 Å². The SMILES string of the molecule is CC[n+]1[nH]oc(=O)c1C. The molecule has 0 saturated carbocycles. The van der Waals surface area contributed by atoms with E-state index in [1.807, 2.05) is 6.92 Å². The summed E-state index contributed by atoms with van der Waals surface area (Å²) in [6.07, 6.45) is 0. The lowest BCUT2D eigenvalue weighted by Crippen LogP contribution is -2.38. The smallest absolute Gasteiger partial charge is 0.283 e. The van der Waals surface area contributed by atoms with Crippen molar-refractivity contribution in [3.63, 3.8) is 0 Å². The van der Waals surface area contributed by atoms with Crippen LogP contribution in [0.3, 0.4) is 0 Å². The Morgan fingerprint density at radius 2 is 2.44 bits per heavy atom. The predicted octanol–water partition coefficient (Wildman–Crippen LogP) is -0.416. The first-order chi connectivity index (χ1) is 4.25. The molecule has 0 aromatic carbocycles. The van der Waals surface area contributed by atoms with E-state index in [4.69, 9.17) is 0 Å². The maximum atomic E-state index is 10.6. The molecule has 50 valence electrons. The molecule has 0 fully saturated rings. The Kier molecular flexibility index (Phi) is 1.38. The van der Waals surface area contributed by atoms with E-state index in [2.05, 4.69) is 9.79 Å². The number of aryl methyl sites for hydroxylation is 1. The Morgan fingerprint density at radius 1 is 1.78 bits per heavy atom. The van der Waals surface area contributed by atoms with Gasteiger partial charge in [-0.05, 0) is 12.2 Å². The average molecular weight is 129 g/mol. The molecular weight excluding hydrogens is 120 g/mol. The quantitative estimate of drug-likeness (QED) is 0.524. The lowest BCUT2D eigenvalue weighted by molar-refractivity contribution is -0.764. The zero-order chi connectivity index (χ0) is 6.85. The monoisotopic (exact) mass is 129 g/mol. The van der Waals surface area contributed by atoms with Gasteiger partial charge in [0, 0.05) is 6.92 Å². The van der Waals surface area contributed by atoms with E-state index in [0.29, 0.717) is 5.69 Å². The average Bonchev–Trinajstić information content (AvgIpc) is 2.15. The highest BCUT2D eigenvalue weighted by Gasteiger charge is 2.10. The molecule has 0 unspecified atom stereocenters. The van der Waals surface area contributed by atoms with Crippen LogP contribution in [0.25, 0.3) is 0 Å². The van der Waals surface area contributed by atoms with Crippen molar-refractivity contribution < 1.29 is 9.20 Å². The van der Waals surface area contributed by atoms with Crippen LogP contribution in [-0.4, -0.2) is 5.27 Å². The third-order valence-corrected chi connectivity index (χ3v) is 1.27. The highest BCUT2D eigenvalue weighted by Crippen LogP contribution is 1.72. The summed E-state index contributed by atoms with van der Waals surface area (Å²) in [4.78, 5) is 10.6. The minimum atomic E-state index is -0.295. The molecule has 0 atom stereocenters. The second-order valence-electron chi connectivity index (χ2n) is 1.81. The maximum Gasteiger partial charge on any atom is 0.429 e. The van der Waals surface area contributed by atoms with Gasteiger partial charge in [-0.3, -0.25) is 4.52 Å². The Labute approximate surface area is 52.1 Å². The second kappa shape index (κ2) is 2.05. The molecule has 0 radical (unpaired) electrons. The van der Waals surface area contributed by atoms with E-state index >= 15 is 0 Å². The molecule has 1 N–H and O–H groups in total. The molecule has 0 aliphatic carbocycles. The van der Waals surface area contributed by atoms with Crippen LogP contribution in [0.4, 0.5) is 0 Å². The summed E-state index contributed by atoms with van der Waals surface area (Å²) in [7, 11) is 0. The van der Waals surface area contributed by atoms with E-state index < -0.39 is 0 Å². The highest BCUT2D eigenvalue weighted by molar-refractivity contribution is 4.75. The zero-order valence-corrected chi connectivity index (χ0v) is 5.47. The third kappa shape index (κ3) is 0.872. The fourth-order valence-electron chi connectivity index (χ4n) is 0.651. The summed E-state index contributed by atoms with van der Waals surface area (Å²) in [5.41, 5.74) is 0.314. The Balaban J connectivity index is 3.20. The second-order valence-corrected chi connectivity index (χ2v) is 1.81. The van der Waals surface area contributed by atoms with Gasteiger partial charge in [-0.25, -0.2) is 4.79 Å². The van der Waals surface area contributed by atoms with E-state index in [-0.39, 0.29) is 5.63 Å². The number of H-pyrrole nitrogens is 1. The lowest BCUT2D eigenvalue weighted by Gasteiger charge is -1.78. The molecule has 0 bridgehead atoms. The zero-order valence-electron chi connectivity index (χ0n) is 5.47. The van der Waals surface area contributed by atoms with Gasteiger partial charge >= 0.3 is 5.63 Å². The van der Waals surface area contributed by atoms with Gasteiger partial charge in [-0.2, -0.15) is 0 Å². The van der Waals surface area contributed by atoms with Crippen molar-refractivity contribution in [2.45, 2.75) is 20.4 Å². The van der Waals surface area contributed by atoms with Crippen molar-refractivity contribution in [3.8, 4) is 0 Å². The molecule has 0 amide bonds. The van der Waals surface area contributed by atoms with Crippen LogP contribution in [0, 0.1) is 6.92 Å². The number of nitrogens with zero attached hydrogens (tertiary/aromatic N) is 1. The minimum Gasteiger partial charge on any atom is -0.283 e. The van der Waals surface area contributed by atoms with Crippen molar-refractivity contribution in [2.75, 3.05) is 0 Å². The first-order valence-corrected chi connectivity index (χ1v) is 2.83. The van der Waals surface area contributed by atoms with Gasteiger partial charge in [0.25, 0.3) is 5.69 Å². The number of hydrogen-bond donors (Lipinski definition) is 1. The van der Waals surface area contributed by atoms with Crippen molar-refractivity contribution >= 4 is 0 Å². The normalized spacial score (nSPS) is 10.0. The van der Waals surface area contributed by atoms with Crippen molar-refractivity contribution in [1.82, 2.24) is 5.27 Å². The number of hydrogen-bond acceptors (Lipinski definition) is 2. The standard InChI is InChI=1S/C5H8N2O2/c1-3-7-4(2)5(8)9-6-7/h3H2,1-2H3/p+1. The fourth-order valence-corrected chi connectivity index (χ4v) is 0.651. The number of aromatic nitrogens is 2. The Morgan fingerprint density at radius 3 is 2.67 bits per heavy atom. The van der Waals surface area contributed by atoms with Gasteiger partial charge in [0.05, 0.1) is 0 Å². The number of aromatic amines is 1. The molecule has 4 heteroatoms. The van der Waals surface area contributed by atoms with E-state index in [9.17, 15) is 4.79 Å². The summed E-state index contributed by atoms with van der Waals surface area (Å²) < 4.78 is 6.11. The Hall–Kier alpha value is -1.06. The first-order valence-electron chi connectivity index (χ1n) is 2.83. The summed E-state index contributed by atoms with van der Waals surface area (Å²) in [5, 5.41) is 2.45. The van der Waals surface area contributed by atoms with Gasteiger partial charge in [-0.1, -0.05) is 4.68 Å². The van der Waals surface area contributed by atoms with Crippen molar-refractivity contribution in [3.05, 3.63) is 16.1 Å². The molecule has 0 aliphatic heterocycles. The van der Waals surface area contributed by atoms with Gasteiger partial charge in [0.1, 0.15) is 0 Å². The highest BCUT2D eigenvalue weighted by atomic mass is 16.5. The fraction of sp³-hybridized carbons (Fsp3) is 0.600. The summed E-state index contributed by atoms with van der Waals surface area (Å²) >= 11 is 0. The molecule has 1 heterocycles. The molecule has 1 aromatic rings. The maximum absolute atomic E-state index is 10.6. The van der Waals surface area contributed by atoms with Crippen molar-refractivity contribution in [1.29, 1.82) is 0 Å². The van der Waals surface area contributed by atoms with E-state index in [0.717, 1.165) is 6.54 Å². The van der Waals surface area contributed by atoms with Crippen LogP contribution in [0.1, 0.15) is 12.6 Å². The van der Waals surface area contributed by atoms with Gasteiger partial charge in [0.2, 0.25) is 0 Å². The minimum absolute atomic E-state index is 0.295. The van der Waals surface area contributed by atoms with Gasteiger partial charge in [0.15, 0.2) is 6.54 Å². The van der Waals surface area contributed by atoms with Gasteiger partial charge < -0.3 is 0 Å². The summed E-state index contributed by atoms with van der Waals surface area (Å²) in [5.74, 6) is 0. The third-order valence-electron chi connectivity index (χ3n) is 1.27. The van der Waals surface area contributed by atoms with E-state index in [1.54, 1.807) is 11.6 Å². The predicted molar refractivity (Wildman–Crippen MR) is 29.9 cm³/mol. The Bertz CT molecular complexity index is 248. The number of nitrogens with one attached hydrogen (secondary N) is 1. The van der Waals surface area contributed by atoms with Crippen LogP contribution in [0.15, 0.2) is 9.32 Å². The molecule has 0 spiro atoms. The largest absolute Gasteiger partial charge is 0.429 e. The summed E-state index contributed by atoms with van der Waals surface area (Å²) in [6, 6.07) is 0. The number of rotatable bonds is 1. The molecule has 0 aliphatic rings. The first kappa shape index (κ1) is 6.07. The topological polar surface area (TPSA) is 49.9 Å². The van der Waals surface area contributed by atoms with Crippen LogP contribution in [0.5, 0.6) is 0 Å². The van der Waals surface area contributed by atoms with Gasteiger partial charge in [-0.15, -0.1) is 0 Å². The summed E-state index contributed by atoms with van der Waals surface area (Å²) in [6.45, 7) is 4.38. The van der Waals surface area contributed by atoms with Crippen LogP contribution in [0.2, 0.25) is 0 Å². The molecule has 9 heavy (non-hydrogen) atoms. The van der Waals surface area contributed by atoms with E-state index in [1.165, 1.54) is 0 Å². The van der Waals surface area contributed by atoms with Crippen molar-refractivity contribution in [2.24, 2.45) is 0 Å².